The van der Waals surface area contributed by atoms with Gasteiger partial charge in [-0.1, -0.05) is 6.07 Å². The summed E-state index contributed by atoms with van der Waals surface area (Å²) in [6.07, 6.45) is 0. The lowest BCUT2D eigenvalue weighted by molar-refractivity contribution is -0.384. The number of anilines is 1. The van der Waals surface area contributed by atoms with E-state index in [0.717, 1.165) is 0 Å². The molecule has 1 aromatic carbocycles. The quantitative estimate of drug-likeness (QED) is 0.437. The van der Waals surface area contributed by atoms with Gasteiger partial charge in [-0.05, 0) is 6.07 Å². The number of hydrogen-bond acceptors (Lipinski definition) is 5. The Bertz CT molecular complexity index is 401. The Kier molecular flexibility index (Phi) is 6.03. The molecule has 1 aromatic rings. The van der Waals surface area contributed by atoms with E-state index in [1.54, 1.807) is 7.11 Å². The van der Waals surface area contributed by atoms with Crippen molar-refractivity contribution in [3.8, 4) is 0 Å². The van der Waals surface area contributed by atoms with Crippen LogP contribution in [0, 0.1) is 15.9 Å². The number of halogens is 1. The van der Waals surface area contributed by atoms with E-state index in [1.807, 2.05) is 0 Å². The lowest BCUT2D eigenvalue weighted by atomic mass is 10.2. The summed E-state index contributed by atoms with van der Waals surface area (Å²) in [6.45, 7) is 1.50. The van der Waals surface area contributed by atoms with Gasteiger partial charge in [-0.2, -0.15) is 0 Å². The van der Waals surface area contributed by atoms with Gasteiger partial charge in [0.05, 0.1) is 24.7 Å². The molecule has 18 heavy (non-hydrogen) atoms. The molecule has 0 aromatic heterocycles. The van der Waals surface area contributed by atoms with Crippen molar-refractivity contribution in [3.05, 3.63) is 34.1 Å². The molecule has 0 amide bonds. The largest absolute Gasteiger partial charge is 0.382 e. The molecule has 0 saturated carbocycles. The maximum atomic E-state index is 13.4. The summed E-state index contributed by atoms with van der Waals surface area (Å²) in [7, 11) is 1.56. The number of nitro groups is 1. The van der Waals surface area contributed by atoms with Crippen molar-refractivity contribution < 1.29 is 18.8 Å². The first kappa shape index (κ1) is 14.3. The van der Waals surface area contributed by atoms with Crippen LogP contribution in [0.5, 0.6) is 0 Å². The van der Waals surface area contributed by atoms with Crippen LogP contribution < -0.4 is 5.32 Å². The minimum Gasteiger partial charge on any atom is -0.382 e. The van der Waals surface area contributed by atoms with Gasteiger partial charge in [-0.3, -0.25) is 10.1 Å². The number of benzene rings is 1. The predicted octanol–water partition coefficient (Wildman–Crippen LogP) is 1.81. The van der Waals surface area contributed by atoms with Crippen LogP contribution in [0.4, 0.5) is 15.8 Å². The number of methoxy groups -OCH3 is 1. The summed E-state index contributed by atoms with van der Waals surface area (Å²) in [6, 6.07) is 3.71. The maximum absolute atomic E-state index is 13.4. The van der Waals surface area contributed by atoms with E-state index in [0.29, 0.717) is 19.8 Å². The average Bonchev–Trinajstić information content (AvgIpc) is 2.34. The second-order valence-corrected chi connectivity index (χ2v) is 3.42. The van der Waals surface area contributed by atoms with Gasteiger partial charge in [0.1, 0.15) is 5.69 Å². The highest BCUT2D eigenvalue weighted by atomic mass is 19.1. The third kappa shape index (κ3) is 4.27. The Morgan fingerprint density at radius 1 is 1.39 bits per heavy atom. The van der Waals surface area contributed by atoms with Gasteiger partial charge in [0.25, 0.3) is 5.69 Å². The molecular weight excluding hydrogens is 243 g/mol. The molecule has 0 aliphatic rings. The Morgan fingerprint density at radius 3 is 2.83 bits per heavy atom. The lowest BCUT2D eigenvalue weighted by Gasteiger charge is -2.08. The minimum atomic E-state index is -0.652. The van der Waals surface area contributed by atoms with Crippen LogP contribution in [-0.4, -0.2) is 38.4 Å². The number of nitro benzene ring substituents is 1. The van der Waals surface area contributed by atoms with E-state index in [4.69, 9.17) is 9.47 Å². The first-order valence-electron chi connectivity index (χ1n) is 5.40. The van der Waals surface area contributed by atoms with Gasteiger partial charge < -0.3 is 14.8 Å². The van der Waals surface area contributed by atoms with Crippen molar-refractivity contribution in [3.63, 3.8) is 0 Å². The fourth-order valence-corrected chi connectivity index (χ4v) is 1.33. The molecule has 0 radical (unpaired) electrons. The Labute approximate surface area is 104 Å². The molecule has 0 atom stereocenters. The molecule has 100 valence electrons. The van der Waals surface area contributed by atoms with Gasteiger partial charge in [-0.25, -0.2) is 4.39 Å². The zero-order valence-electron chi connectivity index (χ0n) is 10.0. The summed E-state index contributed by atoms with van der Waals surface area (Å²) >= 11 is 0. The Hall–Kier alpha value is -1.73. The summed E-state index contributed by atoms with van der Waals surface area (Å²) < 4.78 is 23.4. The highest BCUT2D eigenvalue weighted by molar-refractivity contribution is 5.62. The van der Waals surface area contributed by atoms with Crippen molar-refractivity contribution in [2.75, 3.05) is 38.8 Å². The summed E-state index contributed by atoms with van der Waals surface area (Å²) in [5, 5.41) is 13.4. The number of nitrogens with one attached hydrogen (secondary N) is 1. The molecule has 0 aliphatic carbocycles. The summed E-state index contributed by atoms with van der Waals surface area (Å²) in [5.41, 5.74) is -0.398. The van der Waals surface area contributed by atoms with Crippen LogP contribution in [0.25, 0.3) is 0 Å². The first-order valence-corrected chi connectivity index (χ1v) is 5.40. The number of ether oxygens (including phenoxy) is 2. The third-order valence-electron chi connectivity index (χ3n) is 2.17. The van der Waals surface area contributed by atoms with Crippen molar-refractivity contribution in [1.82, 2.24) is 0 Å². The monoisotopic (exact) mass is 258 g/mol. The van der Waals surface area contributed by atoms with Crippen LogP contribution >= 0.6 is 0 Å². The van der Waals surface area contributed by atoms with Crippen molar-refractivity contribution in [1.29, 1.82) is 0 Å². The zero-order chi connectivity index (χ0) is 13.4. The fourth-order valence-electron chi connectivity index (χ4n) is 1.33. The molecule has 0 saturated heterocycles. The fraction of sp³-hybridized carbons (Fsp3) is 0.455. The second-order valence-electron chi connectivity index (χ2n) is 3.42. The molecule has 0 fully saturated rings. The molecule has 0 bridgehead atoms. The molecule has 0 aliphatic heterocycles. The van der Waals surface area contributed by atoms with Crippen LogP contribution in [0.2, 0.25) is 0 Å². The molecule has 0 unspecified atom stereocenters. The highest BCUT2D eigenvalue weighted by Gasteiger charge is 2.16. The first-order chi connectivity index (χ1) is 8.66. The number of para-hydroxylation sites is 1. The Balaban J connectivity index is 2.48. The van der Waals surface area contributed by atoms with E-state index in [1.165, 1.54) is 18.2 Å². The zero-order valence-corrected chi connectivity index (χ0v) is 10.0. The van der Waals surface area contributed by atoms with Crippen molar-refractivity contribution in [2.24, 2.45) is 0 Å². The molecule has 6 nitrogen and oxygen atoms in total. The molecule has 0 spiro atoms. The van der Waals surface area contributed by atoms with Gasteiger partial charge in [-0.15, -0.1) is 0 Å². The van der Waals surface area contributed by atoms with Crippen LogP contribution in [0.1, 0.15) is 0 Å². The van der Waals surface area contributed by atoms with E-state index in [2.05, 4.69) is 5.32 Å². The second kappa shape index (κ2) is 7.57. The van der Waals surface area contributed by atoms with Gasteiger partial charge in [0, 0.05) is 19.7 Å². The van der Waals surface area contributed by atoms with E-state index in [9.17, 15) is 14.5 Å². The van der Waals surface area contributed by atoms with Crippen molar-refractivity contribution in [2.45, 2.75) is 0 Å². The average molecular weight is 258 g/mol. The van der Waals surface area contributed by atoms with E-state index >= 15 is 0 Å². The topological polar surface area (TPSA) is 73.6 Å². The van der Waals surface area contributed by atoms with Gasteiger partial charge in [0.15, 0.2) is 5.82 Å². The maximum Gasteiger partial charge on any atom is 0.295 e. The van der Waals surface area contributed by atoms with Crippen molar-refractivity contribution >= 4 is 11.4 Å². The SMILES string of the molecule is COCCOCCNc1c(F)cccc1[N+](=O)[O-]. The van der Waals surface area contributed by atoms with Crippen LogP contribution in [0.15, 0.2) is 18.2 Å². The lowest BCUT2D eigenvalue weighted by Crippen LogP contribution is -2.13. The third-order valence-corrected chi connectivity index (χ3v) is 2.17. The van der Waals surface area contributed by atoms with E-state index < -0.39 is 10.7 Å². The van der Waals surface area contributed by atoms with Crippen LogP contribution in [0.3, 0.4) is 0 Å². The van der Waals surface area contributed by atoms with Crippen LogP contribution in [-0.2, 0) is 9.47 Å². The minimum absolute atomic E-state index is 0.113. The van der Waals surface area contributed by atoms with Gasteiger partial charge in [0.2, 0.25) is 0 Å². The smallest absolute Gasteiger partial charge is 0.295 e. The molecule has 1 rings (SSSR count). The summed E-state index contributed by atoms with van der Waals surface area (Å²) in [5.74, 6) is -0.652. The molecule has 1 N–H and O–H groups in total. The normalized spacial score (nSPS) is 10.3. The molecular formula is C11H15FN2O4. The number of rotatable bonds is 8. The van der Waals surface area contributed by atoms with E-state index in [-0.39, 0.29) is 17.9 Å². The summed E-state index contributed by atoms with van der Waals surface area (Å²) in [4.78, 5) is 10.1. The Morgan fingerprint density at radius 2 is 2.17 bits per heavy atom. The number of nitrogens with zero attached hydrogens (tertiary/aromatic N) is 1. The predicted molar refractivity (Wildman–Crippen MR) is 64.2 cm³/mol. The molecule has 0 heterocycles. The number of hydrogen-bond donors (Lipinski definition) is 1. The highest BCUT2D eigenvalue weighted by Crippen LogP contribution is 2.26. The standard InChI is InChI=1S/C11H15FN2O4/c1-17-7-8-18-6-5-13-11-9(12)3-2-4-10(11)14(15)16/h2-4,13H,5-8H2,1H3. The molecule has 7 heteroatoms. The van der Waals surface area contributed by atoms with Gasteiger partial charge >= 0.3 is 0 Å².